The molecule has 0 amide bonds. The molecule has 2 aliphatic rings. The van der Waals surface area contributed by atoms with Crippen molar-refractivity contribution in [3.8, 4) is 11.5 Å². The van der Waals surface area contributed by atoms with Gasteiger partial charge in [-0.1, -0.05) is 0 Å². The lowest BCUT2D eigenvalue weighted by Gasteiger charge is -2.35. The van der Waals surface area contributed by atoms with Crippen molar-refractivity contribution in [3.63, 3.8) is 0 Å². The summed E-state index contributed by atoms with van der Waals surface area (Å²) in [6, 6.07) is 7.41. The molecule has 0 unspecified atom stereocenters. The van der Waals surface area contributed by atoms with Gasteiger partial charge in [0.1, 0.15) is 18.1 Å². The van der Waals surface area contributed by atoms with Crippen LogP contribution >= 0.6 is 0 Å². The number of rotatable bonds is 6. The van der Waals surface area contributed by atoms with Crippen LogP contribution in [-0.4, -0.2) is 56.9 Å². The van der Waals surface area contributed by atoms with Crippen LogP contribution in [0.15, 0.2) is 24.3 Å². The maximum Gasteiger partial charge on any atom is 0.282 e. The lowest BCUT2D eigenvalue weighted by Crippen LogP contribution is -2.51. The molecular weight excluding hydrogens is 316 g/mol. The van der Waals surface area contributed by atoms with E-state index in [1.54, 1.807) is 25.5 Å². The lowest BCUT2D eigenvalue weighted by molar-refractivity contribution is 0.157. The first-order valence-corrected chi connectivity index (χ1v) is 9.31. The Balaban J connectivity index is 1.72. The lowest BCUT2D eigenvalue weighted by atomic mass is 10.0. The molecule has 0 spiro atoms. The van der Waals surface area contributed by atoms with E-state index in [-0.39, 0.29) is 12.1 Å². The fourth-order valence-electron chi connectivity index (χ4n) is 3.66. The van der Waals surface area contributed by atoms with Crippen LogP contribution < -0.4 is 9.47 Å². The predicted molar refractivity (Wildman–Crippen MR) is 87.9 cm³/mol. The smallest absolute Gasteiger partial charge is 0.282 e. The van der Waals surface area contributed by atoms with E-state index in [0.29, 0.717) is 12.5 Å². The van der Waals surface area contributed by atoms with E-state index in [2.05, 4.69) is 0 Å². The predicted octanol–water partition coefficient (Wildman–Crippen LogP) is 1.73. The Morgan fingerprint density at radius 1 is 1.17 bits per heavy atom. The topological polar surface area (TPSA) is 59.1 Å². The van der Waals surface area contributed by atoms with Crippen molar-refractivity contribution in [2.24, 2.45) is 5.92 Å². The van der Waals surface area contributed by atoms with Crippen LogP contribution in [0, 0.1) is 5.92 Å². The molecule has 128 valence electrons. The SMILES string of the molecule is COc1ccc(OC[C@H]2[C@H]3CC[C@H](C3)N2S(=O)(=O)N(C)C)cc1. The molecule has 1 saturated carbocycles. The molecule has 1 saturated heterocycles. The Morgan fingerprint density at radius 3 is 2.43 bits per heavy atom. The molecule has 1 aliphatic heterocycles. The number of nitrogens with zero attached hydrogens (tertiary/aromatic N) is 2. The van der Waals surface area contributed by atoms with Crippen molar-refractivity contribution in [1.29, 1.82) is 0 Å². The van der Waals surface area contributed by atoms with Gasteiger partial charge < -0.3 is 9.47 Å². The first kappa shape index (κ1) is 16.5. The van der Waals surface area contributed by atoms with Crippen molar-refractivity contribution in [2.75, 3.05) is 27.8 Å². The quantitative estimate of drug-likeness (QED) is 0.791. The molecule has 0 radical (unpaired) electrons. The number of fused-ring (bicyclic) bond motifs is 2. The average molecular weight is 340 g/mol. The molecule has 3 rings (SSSR count). The van der Waals surface area contributed by atoms with Gasteiger partial charge in [-0.2, -0.15) is 17.0 Å². The summed E-state index contributed by atoms with van der Waals surface area (Å²) in [6.45, 7) is 0.389. The third-order valence-electron chi connectivity index (χ3n) is 4.88. The molecule has 0 aromatic heterocycles. The van der Waals surface area contributed by atoms with Crippen LogP contribution in [0.4, 0.5) is 0 Å². The van der Waals surface area contributed by atoms with Crippen LogP contribution in [0.3, 0.4) is 0 Å². The highest BCUT2D eigenvalue weighted by Crippen LogP contribution is 2.44. The number of methoxy groups -OCH3 is 1. The summed E-state index contributed by atoms with van der Waals surface area (Å²) in [4.78, 5) is 0. The van der Waals surface area contributed by atoms with Crippen LogP contribution in [0.5, 0.6) is 11.5 Å². The molecule has 1 aliphatic carbocycles. The van der Waals surface area contributed by atoms with Gasteiger partial charge in [-0.25, -0.2) is 0 Å². The summed E-state index contributed by atoms with van der Waals surface area (Å²) in [5, 5.41) is 0. The molecule has 3 atom stereocenters. The molecule has 2 fully saturated rings. The Morgan fingerprint density at radius 2 is 1.83 bits per heavy atom. The van der Waals surface area contributed by atoms with E-state index < -0.39 is 10.2 Å². The number of hydrogen-bond acceptors (Lipinski definition) is 4. The number of hydrogen-bond donors (Lipinski definition) is 0. The van der Waals surface area contributed by atoms with Gasteiger partial charge in [-0.3, -0.25) is 0 Å². The third-order valence-corrected chi connectivity index (χ3v) is 6.91. The molecule has 1 heterocycles. The minimum absolute atomic E-state index is 0.0803. The highest BCUT2D eigenvalue weighted by molar-refractivity contribution is 7.86. The van der Waals surface area contributed by atoms with Gasteiger partial charge in [0.05, 0.1) is 13.2 Å². The van der Waals surface area contributed by atoms with Gasteiger partial charge >= 0.3 is 0 Å². The highest BCUT2D eigenvalue weighted by Gasteiger charge is 2.51. The minimum atomic E-state index is -3.41. The molecule has 0 N–H and O–H groups in total. The number of benzene rings is 1. The van der Waals surface area contributed by atoms with E-state index >= 15 is 0 Å². The molecule has 2 bridgehead atoms. The first-order chi connectivity index (χ1) is 10.9. The minimum Gasteiger partial charge on any atom is -0.497 e. The number of piperidine rings is 1. The molecule has 1 aromatic rings. The van der Waals surface area contributed by atoms with Gasteiger partial charge in [0.15, 0.2) is 0 Å². The van der Waals surface area contributed by atoms with Crippen molar-refractivity contribution in [3.05, 3.63) is 24.3 Å². The first-order valence-electron chi connectivity index (χ1n) is 7.91. The number of ether oxygens (including phenoxy) is 2. The zero-order chi connectivity index (χ0) is 16.6. The van der Waals surface area contributed by atoms with Crippen molar-refractivity contribution >= 4 is 10.2 Å². The maximum atomic E-state index is 12.6. The van der Waals surface area contributed by atoms with Crippen molar-refractivity contribution in [2.45, 2.75) is 31.3 Å². The van der Waals surface area contributed by atoms with Crippen LogP contribution in [0.1, 0.15) is 19.3 Å². The molecule has 1 aromatic carbocycles. The summed E-state index contributed by atoms with van der Waals surface area (Å²) in [5.74, 6) is 1.90. The van der Waals surface area contributed by atoms with E-state index in [0.717, 1.165) is 30.8 Å². The van der Waals surface area contributed by atoms with Crippen LogP contribution in [-0.2, 0) is 10.2 Å². The van der Waals surface area contributed by atoms with E-state index in [1.165, 1.54) is 4.31 Å². The molecular formula is C16H24N2O4S. The fraction of sp³-hybridized carbons (Fsp3) is 0.625. The second-order valence-electron chi connectivity index (χ2n) is 6.40. The summed E-state index contributed by atoms with van der Waals surface area (Å²) in [7, 11) is 1.39. The summed E-state index contributed by atoms with van der Waals surface area (Å²) < 4.78 is 39.2. The second kappa shape index (κ2) is 6.30. The molecule has 23 heavy (non-hydrogen) atoms. The average Bonchev–Trinajstić information content (AvgIpc) is 3.14. The van der Waals surface area contributed by atoms with Gasteiger partial charge in [-0.05, 0) is 49.4 Å². The van der Waals surface area contributed by atoms with Crippen LogP contribution in [0.2, 0.25) is 0 Å². The van der Waals surface area contributed by atoms with E-state index in [4.69, 9.17) is 9.47 Å². The molecule has 6 nitrogen and oxygen atoms in total. The highest BCUT2D eigenvalue weighted by atomic mass is 32.2. The zero-order valence-electron chi connectivity index (χ0n) is 13.8. The van der Waals surface area contributed by atoms with E-state index in [9.17, 15) is 8.42 Å². The normalized spacial score (nSPS) is 27.6. The second-order valence-corrected chi connectivity index (χ2v) is 8.45. The fourth-order valence-corrected chi connectivity index (χ4v) is 5.18. The van der Waals surface area contributed by atoms with Crippen molar-refractivity contribution < 1.29 is 17.9 Å². The van der Waals surface area contributed by atoms with Crippen LogP contribution in [0.25, 0.3) is 0 Å². The largest absolute Gasteiger partial charge is 0.497 e. The zero-order valence-corrected chi connectivity index (χ0v) is 14.6. The maximum absolute atomic E-state index is 12.6. The third kappa shape index (κ3) is 3.05. The Bertz CT molecular complexity index is 645. The monoisotopic (exact) mass is 340 g/mol. The Kier molecular flexibility index (Phi) is 4.53. The van der Waals surface area contributed by atoms with Gasteiger partial charge in [0, 0.05) is 20.1 Å². The standard InChI is InChI=1S/C16H24N2O4S/c1-17(2)23(19,20)18-13-5-4-12(10-13)16(18)11-22-15-8-6-14(21-3)7-9-15/h6-9,12-13,16H,4-5,10-11H2,1-3H3/t12-,13+,16-/m0/s1. The molecule has 7 heteroatoms. The van der Waals surface area contributed by atoms with Gasteiger partial charge in [0.2, 0.25) is 0 Å². The summed E-state index contributed by atoms with van der Waals surface area (Å²) >= 11 is 0. The summed E-state index contributed by atoms with van der Waals surface area (Å²) in [5.41, 5.74) is 0. The van der Waals surface area contributed by atoms with Gasteiger partial charge in [-0.15, -0.1) is 0 Å². The van der Waals surface area contributed by atoms with Crippen molar-refractivity contribution in [1.82, 2.24) is 8.61 Å². The Hall–Kier alpha value is -1.31. The summed E-state index contributed by atoms with van der Waals surface area (Å²) in [6.07, 6.45) is 2.99. The van der Waals surface area contributed by atoms with E-state index in [1.807, 2.05) is 24.3 Å². The van der Waals surface area contributed by atoms with Gasteiger partial charge in [0.25, 0.3) is 10.2 Å². The Labute approximate surface area is 138 Å².